The molecule has 0 atom stereocenters. The van der Waals surface area contributed by atoms with E-state index in [0.717, 1.165) is 38.5 Å². The van der Waals surface area contributed by atoms with Crippen molar-refractivity contribution in [2.45, 2.75) is 57.8 Å². The van der Waals surface area contributed by atoms with Crippen LogP contribution in [0.15, 0.2) is 12.3 Å². The zero-order chi connectivity index (χ0) is 12.9. The Balaban J connectivity index is 3.08. The Morgan fingerprint density at radius 1 is 1.00 bits per heavy atom. The number of unbranched alkanes of at least 4 members (excludes halogenated alkanes) is 6. The van der Waals surface area contributed by atoms with Gasteiger partial charge in [-0.3, -0.25) is 4.79 Å². The summed E-state index contributed by atoms with van der Waals surface area (Å²) in [4.78, 5) is 14.8. The second-order valence-electron chi connectivity index (χ2n) is 4.18. The molecule has 0 unspecified atom stereocenters. The number of hydrogen-bond donors (Lipinski definition) is 1. The number of carbonyl (C=O) groups excluding carboxylic acids is 1. The van der Waals surface area contributed by atoms with E-state index in [1.165, 1.54) is 20.0 Å². The van der Waals surface area contributed by atoms with Gasteiger partial charge in [0.15, 0.2) is 0 Å². The summed E-state index contributed by atoms with van der Waals surface area (Å²) in [7, 11) is 1.42. The first-order valence-electron chi connectivity index (χ1n) is 6.26. The SMILES string of the molecule is C=C(CCCCCCCCCC(=O)OC)OO. The summed E-state index contributed by atoms with van der Waals surface area (Å²) in [5, 5.41) is 8.26. The molecule has 100 valence electrons. The minimum atomic E-state index is -0.118. The van der Waals surface area contributed by atoms with Gasteiger partial charge < -0.3 is 9.62 Å². The smallest absolute Gasteiger partial charge is 0.305 e. The molecule has 17 heavy (non-hydrogen) atoms. The van der Waals surface area contributed by atoms with Crippen molar-refractivity contribution in [1.82, 2.24) is 0 Å². The number of allylic oxidation sites excluding steroid dienone is 1. The van der Waals surface area contributed by atoms with E-state index in [-0.39, 0.29) is 5.97 Å². The maximum atomic E-state index is 10.8. The van der Waals surface area contributed by atoms with Crippen LogP contribution in [0, 0.1) is 0 Å². The Labute approximate surface area is 104 Å². The normalized spacial score (nSPS) is 10.0. The maximum absolute atomic E-state index is 10.8. The van der Waals surface area contributed by atoms with Crippen LogP contribution in [0.3, 0.4) is 0 Å². The van der Waals surface area contributed by atoms with E-state index in [1.807, 2.05) is 0 Å². The summed E-state index contributed by atoms with van der Waals surface area (Å²) in [6, 6.07) is 0. The lowest BCUT2D eigenvalue weighted by atomic mass is 10.1. The van der Waals surface area contributed by atoms with Gasteiger partial charge in [-0.1, -0.05) is 38.7 Å². The van der Waals surface area contributed by atoms with Gasteiger partial charge in [0.2, 0.25) is 0 Å². The predicted octanol–water partition coefficient (Wildman–Crippen LogP) is 3.67. The lowest BCUT2D eigenvalue weighted by Crippen LogP contribution is -1.99. The van der Waals surface area contributed by atoms with Crippen LogP contribution in [0.5, 0.6) is 0 Å². The Morgan fingerprint density at radius 3 is 1.94 bits per heavy atom. The van der Waals surface area contributed by atoms with Crippen molar-refractivity contribution >= 4 is 5.97 Å². The van der Waals surface area contributed by atoms with Gasteiger partial charge in [0.1, 0.15) is 5.76 Å². The van der Waals surface area contributed by atoms with E-state index in [9.17, 15) is 4.79 Å². The first-order chi connectivity index (χ1) is 8.20. The standard InChI is InChI=1S/C13H24O4/c1-12(17-15)10-8-6-4-3-5-7-9-11-13(14)16-2/h15H,1,3-11H2,2H3. The van der Waals surface area contributed by atoms with Crippen LogP contribution < -0.4 is 0 Å². The van der Waals surface area contributed by atoms with Crippen molar-refractivity contribution in [1.29, 1.82) is 0 Å². The van der Waals surface area contributed by atoms with Crippen LogP contribution >= 0.6 is 0 Å². The lowest BCUT2D eigenvalue weighted by molar-refractivity contribution is -0.205. The van der Waals surface area contributed by atoms with Crippen molar-refractivity contribution in [2.75, 3.05) is 7.11 Å². The topological polar surface area (TPSA) is 55.8 Å². The Bertz CT molecular complexity index is 191. The molecule has 0 radical (unpaired) electrons. The summed E-state index contributed by atoms with van der Waals surface area (Å²) in [6.07, 6.45) is 8.91. The van der Waals surface area contributed by atoms with Gasteiger partial charge in [-0.05, 0) is 12.8 Å². The monoisotopic (exact) mass is 244 g/mol. The molecule has 0 aromatic carbocycles. The number of carbonyl (C=O) groups is 1. The molecule has 0 aromatic heterocycles. The molecule has 1 N–H and O–H groups in total. The van der Waals surface area contributed by atoms with Crippen LogP contribution in [0.25, 0.3) is 0 Å². The first-order valence-corrected chi connectivity index (χ1v) is 6.26. The van der Waals surface area contributed by atoms with Gasteiger partial charge in [0, 0.05) is 12.8 Å². The van der Waals surface area contributed by atoms with E-state index >= 15 is 0 Å². The fraction of sp³-hybridized carbons (Fsp3) is 0.769. The Hall–Kier alpha value is -1.03. The highest BCUT2D eigenvalue weighted by molar-refractivity contribution is 5.68. The minimum Gasteiger partial charge on any atom is -0.469 e. The second-order valence-corrected chi connectivity index (χ2v) is 4.18. The summed E-state index contributed by atoms with van der Waals surface area (Å²) >= 11 is 0. The molecule has 0 aliphatic heterocycles. The van der Waals surface area contributed by atoms with Crippen molar-refractivity contribution in [2.24, 2.45) is 0 Å². The molecule has 0 rings (SSSR count). The van der Waals surface area contributed by atoms with Crippen molar-refractivity contribution in [3.8, 4) is 0 Å². The minimum absolute atomic E-state index is 0.118. The molecule has 0 spiro atoms. The molecule has 4 heteroatoms. The van der Waals surface area contributed by atoms with Crippen LogP contribution in [0.4, 0.5) is 0 Å². The van der Waals surface area contributed by atoms with Crippen LogP contribution in [0.2, 0.25) is 0 Å². The van der Waals surface area contributed by atoms with Crippen LogP contribution in [-0.2, 0) is 14.4 Å². The van der Waals surface area contributed by atoms with Crippen molar-refractivity contribution in [3.63, 3.8) is 0 Å². The van der Waals surface area contributed by atoms with Gasteiger partial charge in [0.05, 0.1) is 7.11 Å². The van der Waals surface area contributed by atoms with E-state index < -0.39 is 0 Å². The third kappa shape index (κ3) is 11.2. The molecule has 0 fully saturated rings. The van der Waals surface area contributed by atoms with E-state index in [2.05, 4.69) is 16.2 Å². The molecule has 0 aromatic rings. The fourth-order valence-electron chi connectivity index (χ4n) is 1.62. The zero-order valence-electron chi connectivity index (χ0n) is 10.7. The number of esters is 1. The molecule has 4 nitrogen and oxygen atoms in total. The molecule has 0 aliphatic rings. The molecular formula is C13H24O4. The molecule has 0 amide bonds. The molecule has 0 saturated carbocycles. The second kappa shape index (κ2) is 11.5. The lowest BCUT2D eigenvalue weighted by Gasteiger charge is -2.02. The third-order valence-electron chi connectivity index (χ3n) is 2.69. The average Bonchev–Trinajstić information content (AvgIpc) is 2.35. The molecule has 0 aliphatic carbocycles. The fourth-order valence-corrected chi connectivity index (χ4v) is 1.62. The molecule has 0 bridgehead atoms. The van der Waals surface area contributed by atoms with E-state index in [4.69, 9.17) is 5.26 Å². The molecular weight excluding hydrogens is 220 g/mol. The quantitative estimate of drug-likeness (QED) is 0.198. The van der Waals surface area contributed by atoms with Gasteiger partial charge in [-0.25, -0.2) is 5.26 Å². The van der Waals surface area contributed by atoms with Gasteiger partial charge >= 0.3 is 5.97 Å². The number of ether oxygens (including phenoxy) is 1. The third-order valence-corrected chi connectivity index (χ3v) is 2.69. The van der Waals surface area contributed by atoms with Crippen LogP contribution in [-0.4, -0.2) is 18.3 Å². The van der Waals surface area contributed by atoms with Crippen molar-refractivity contribution in [3.05, 3.63) is 12.3 Å². The number of hydrogen-bond acceptors (Lipinski definition) is 4. The first kappa shape index (κ1) is 16.0. The van der Waals surface area contributed by atoms with E-state index in [0.29, 0.717) is 12.2 Å². The van der Waals surface area contributed by atoms with Gasteiger partial charge in [0.25, 0.3) is 0 Å². The summed E-state index contributed by atoms with van der Waals surface area (Å²) in [5.41, 5.74) is 0. The highest BCUT2D eigenvalue weighted by Crippen LogP contribution is 2.12. The van der Waals surface area contributed by atoms with Crippen LogP contribution in [0.1, 0.15) is 57.8 Å². The van der Waals surface area contributed by atoms with E-state index in [1.54, 1.807) is 0 Å². The molecule has 0 saturated heterocycles. The highest BCUT2D eigenvalue weighted by Gasteiger charge is 1.99. The Morgan fingerprint density at radius 2 is 1.47 bits per heavy atom. The zero-order valence-corrected chi connectivity index (χ0v) is 10.7. The maximum Gasteiger partial charge on any atom is 0.305 e. The molecule has 0 heterocycles. The van der Waals surface area contributed by atoms with Gasteiger partial charge in [-0.15, -0.1) is 0 Å². The van der Waals surface area contributed by atoms with Crippen molar-refractivity contribution < 1.29 is 19.7 Å². The number of rotatable bonds is 11. The summed E-state index contributed by atoms with van der Waals surface area (Å²) in [5.74, 6) is 0.315. The summed E-state index contributed by atoms with van der Waals surface area (Å²) < 4.78 is 4.56. The highest BCUT2D eigenvalue weighted by atomic mass is 17.1. The largest absolute Gasteiger partial charge is 0.469 e. The number of methoxy groups -OCH3 is 1. The van der Waals surface area contributed by atoms with Gasteiger partial charge in [-0.2, -0.15) is 0 Å². The predicted molar refractivity (Wildman–Crippen MR) is 66.4 cm³/mol. The summed E-state index contributed by atoms with van der Waals surface area (Å²) in [6.45, 7) is 3.54. The Kier molecular flexibility index (Phi) is 10.8. The average molecular weight is 244 g/mol.